The zero-order valence-electron chi connectivity index (χ0n) is 13.1. The van der Waals surface area contributed by atoms with Crippen molar-refractivity contribution in [3.63, 3.8) is 0 Å². The molecule has 0 amide bonds. The Balaban J connectivity index is 1.83. The Kier molecular flexibility index (Phi) is 3.97. The first-order valence-electron chi connectivity index (χ1n) is 7.11. The molecule has 3 rings (SSSR count). The van der Waals surface area contributed by atoms with Gasteiger partial charge in [-0.15, -0.1) is 0 Å². The molecule has 3 aromatic rings. The van der Waals surface area contributed by atoms with Crippen molar-refractivity contribution >= 4 is 16.9 Å². The van der Waals surface area contributed by atoms with Crippen LogP contribution in [0.25, 0.3) is 10.9 Å². The highest BCUT2D eigenvalue weighted by atomic mass is 16.5. The lowest BCUT2D eigenvalue weighted by Gasteiger charge is -2.08. The van der Waals surface area contributed by atoms with E-state index in [1.165, 1.54) is 0 Å². The van der Waals surface area contributed by atoms with E-state index < -0.39 is 5.97 Å². The summed E-state index contributed by atoms with van der Waals surface area (Å²) < 4.78 is 15.5. The molecule has 0 unspecified atom stereocenters. The number of rotatable bonds is 4. The van der Waals surface area contributed by atoms with Gasteiger partial charge in [-0.2, -0.15) is 0 Å². The average molecular weight is 312 g/mol. The minimum atomic E-state index is -0.443. The Labute approximate surface area is 133 Å². The lowest BCUT2D eigenvalue weighted by Crippen LogP contribution is -2.08. The predicted octanol–water partition coefficient (Wildman–Crippen LogP) is 3.21. The van der Waals surface area contributed by atoms with E-state index >= 15 is 0 Å². The molecule has 0 fully saturated rings. The molecule has 0 aliphatic carbocycles. The van der Waals surface area contributed by atoms with Crippen LogP contribution < -0.4 is 4.74 Å². The van der Waals surface area contributed by atoms with Crippen molar-refractivity contribution in [3.05, 3.63) is 53.0 Å². The molecule has 0 aliphatic rings. The molecule has 0 bridgehead atoms. The summed E-state index contributed by atoms with van der Waals surface area (Å²) in [7, 11) is 1.60. The lowest BCUT2D eigenvalue weighted by atomic mass is 10.1. The highest BCUT2D eigenvalue weighted by molar-refractivity contribution is 5.95. The molecule has 0 spiro atoms. The van der Waals surface area contributed by atoms with Crippen LogP contribution in [0.15, 0.2) is 34.9 Å². The maximum absolute atomic E-state index is 12.3. The van der Waals surface area contributed by atoms with Crippen molar-refractivity contribution < 1.29 is 18.8 Å². The Morgan fingerprint density at radius 3 is 2.74 bits per heavy atom. The molecule has 0 radical (unpaired) electrons. The second-order valence-electron chi connectivity index (χ2n) is 5.19. The van der Waals surface area contributed by atoms with Gasteiger partial charge in [0.25, 0.3) is 0 Å². The summed E-state index contributed by atoms with van der Waals surface area (Å²) in [6, 6.07) is 9.01. The van der Waals surface area contributed by atoms with Gasteiger partial charge < -0.3 is 14.0 Å². The average Bonchev–Trinajstić information content (AvgIpc) is 2.96. The number of carbonyl (C=O) groups excluding carboxylic acids is 1. The third kappa shape index (κ3) is 3.15. The molecule has 2 heterocycles. The Bertz CT molecular complexity index is 870. The number of fused-ring (bicyclic) bond motifs is 1. The summed E-state index contributed by atoms with van der Waals surface area (Å²) in [6.07, 6.45) is 0. The number of methoxy groups -OCH3 is 1. The minimum absolute atomic E-state index is 0.0414. The number of carbonyl (C=O) groups is 1. The van der Waals surface area contributed by atoms with Crippen LogP contribution in [0.1, 0.15) is 27.5 Å². The van der Waals surface area contributed by atoms with E-state index in [-0.39, 0.29) is 6.61 Å². The van der Waals surface area contributed by atoms with Crippen molar-refractivity contribution in [2.24, 2.45) is 0 Å². The Morgan fingerprint density at radius 1 is 1.22 bits per heavy atom. The van der Waals surface area contributed by atoms with Crippen LogP contribution in [0, 0.1) is 13.8 Å². The fourth-order valence-electron chi connectivity index (χ4n) is 2.28. The fraction of sp³-hybridized carbons (Fsp3) is 0.235. The molecular weight excluding hydrogens is 296 g/mol. The molecule has 0 aliphatic heterocycles. The van der Waals surface area contributed by atoms with Crippen LogP contribution in [0.4, 0.5) is 0 Å². The summed E-state index contributed by atoms with van der Waals surface area (Å²) in [5.74, 6) is 0.786. The fourth-order valence-corrected chi connectivity index (χ4v) is 2.28. The lowest BCUT2D eigenvalue weighted by molar-refractivity contribution is 0.0436. The number of nitrogens with zero attached hydrogens (tertiary/aromatic N) is 2. The van der Waals surface area contributed by atoms with Crippen LogP contribution in [-0.2, 0) is 11.3 Å². The number of esters is 1. The zero-order chi connectivity index (χ0) is 16.4. The smallest absolute Gasteiger partial charge is 0.340 e. The van der Waals surface area contributed by atoms with Crippen LogP contribution in [0.2, 0.25) is 0 Å². The summed E-state index contributed by atoms with van der Waals surface area (Å²) in [5, 5.41) is 4.60. The summed E-state index contributed by atoms with van der Waals surface area (Å²) >= 11 is 0. The first-order chi connectivity index (χ1) is 11.1. The van der Waals surface area contributed by atoms with E-state index in [0.29, 0.717) is 17.0 Å². The van der Waals surface area contributed by atoms with Gasteiger partial charge in [-0.1, -0.05) is 5.16 Å². The summed E-state index contributed by atoms with van der Waals surface area (Å²) in [6.45, 7) is 3.62. The molecule has 6 nitrogen and oxygen atoms in total. The molecule has 0 N–H and O–H groups in total. The first-order valence-corrected chi connectivity index (χ1v) is 7.11. The van der Waals surface area contributed by atoms with Crippen LogP contribution in [0.5, 0.6) is 5.75 Å². The standard InChI is InChI=1S/C17H16N2O4/c1-10-6-14(23-19-10)9-22-17(20)15-7-12-4-5-13(21-3)8-16(12)18-11(15)2/h4-8H,9H2,1-3H3. The van der Waals surface area contributed by atoms with Crippen molar-refractivity contribution in [3.8, 4) is 5.75 Å². The molecule has 6 heteroatoms. The van der Waals surface area contributed by atoms with Crippen LogP contribution in [0.3, 0.4) is 0 Å². The minimum Gasteiger partial charge on any atom is -0.497 e. The largest absolute Gasteiger partial charge is 0.497 e. The van der Waals surface area contributed by atoms with E-state index in [4.69, 9.17) is 14.0 Å². The third-order valence-electron chi connectivity index (χ3n) is 3.46. The summed E-state index contributed by atoms with van der Waals surface area (Å²) in [5.41, 5.74) is 2.54. The van der Waals surface area contributed by atoms with E-state index in [1.54, 1.807) is 33.1 Å². The van der Waals surface area contributed by atoms with Crippen molar-refractivity contribution in [1.29, 1.82) is 0 Å². The summed E-state index contributed by atoms with van der Waals surface area (Å²) in [4.78, 5) is 16.7. The number of benzene rings is 1. The second-order valence-corrected chi connectivity index (χ2v) is 5.19. The van der Waals surface area contributed by atoms with Crippen molar-refractivity contribution in [2.75, 3.05) is 7.11 Å². The molecule has 2 aromatic heterocycles. The number of ether oxygens (including phenoxy) is 2. The highest BCUT2D eigenvalue weighted by Crippen LogP contribution is 2.22. The predicted molar refractivity (Wildman–Crippen MR) is 83.4 cm³/mol. The normalized spacial score (nSPS) is 10.7. The van der Waals surface area contributed by atoms with Gasteiger partial charge in [-0.25, -0.2) is 4.79 Å². The topological polar surface area (TPSA) is 74.5 Å². The van der Waals surface area contributed by atoms with Gasteiger partial charge in [0.1, 0.15) is 5.75 Å². The molecule has 118 valence electrons. The third-order valence-corrected chi connectivity index (χ3v) is 3.46. The molecule has 0 saturated carbocycles. The van der Waals surface area contributed by atoms with Gasteiger partial charge in [0.05, 0.1) is 29.6 Å². The number of pyridine rings is 1. The van der Waals surface area contributed by atoms with E-state index in [1.807, 2.05) is 18.2 Å². The maximum atomic E-state index is 12.3. The number of hydrogen-bond acceptors (Lipinski definition) is 6. The van der Waals surface area contributed by atoms with Crippen molar-refractivity contribution in [2.45, 2.75) is 20.5 Å². The first kappa shape index (κ1) is 15.0. The van der Waals surface area contributed by atoms with Crippen molar-refractivity contribution in [1.82, 2.24) is 10.1 Å². The van der Waals surface area contributed by atoms with E-state index in [0.717, 1.165) is 22.3 Å². The van der Waals surface area contributed by atoms with Crippen LogP contribution >= 0.6 is 0 Å². The quantitative estimate of drug-likeness (QED) is 0.689. The Hall–Kier alpha value is -2.89. The molecule has 0 atom stereocenters. The monoisotopic (exact) mass is 312 g/mol. The van der Waals surface area contributed by atoms with Gasteiger partial charge in [0.2, 0.25) is 0 Å². The van der Waals surface area contributed by atoms with E-state index in [2.05, 4.69) is 10.1 Å². The number of aromatic nitrogens is 2. The highest BCUT2D eigenvalue weighted by Gasteiger charge is 2.14. The molecular formula is C17H16N2O4. The van der Waals surface area contributed by atoms with Gasteiger partial charge in [0.15, 0.2) is 12.4 Å². The molecule has 1 aromatic carbocycles. The van der Waals surface area contributed by atoms with Crippen LogP contribution in [-0.4, -0.2) is 23.2 Å². The molecule has 0 saturated heterocycles. The van der Waals surface area contributed by atoms with Gasteiger partial charge >= 0.3 is 5.97 Å². The SMILES string of the molecule is COc1ccc2cc(C(=O)OCc3cc(C)no3)c(C)nc2c1. The van der Waals surface area contributed by atoms with Gasteiger partial charge in [-0.05, 0) is 32.0 Å². The second kappa shape index (κ2) is 6.08. The number of hydrogen-bond donors (Lipinski definition) is 0. The van der Waals surface area contributed by atoms with Gasteiger partial charge in [-0.3, -0.25) is 4.98 Å². The van der Waals surface area contributed by atoms with E-state index in [9.17, 15) is 4.79 Å². The Morgan fingerprint density at radius 2 is 2.04 bits per heavy atom. The molecule has 23 heavy (non-hydrogen) atoms. The maximum Gasteiger partial charge on any atom is 0.340 e. The zero-order valence-corrected chi connectivity index (χ0v) is 13.1. The van der Waals surface area contributed by atoms with Gasteiger partial charge in [0, 0.05) is 17.5 Å². The number of aryl methyl sites for hydroxylation is 2.